The Bertz CT molecular complexity index is 377. The lowest BCUT2D eigenvalue weighted by molar-refractivity contribution is -0.119. The number of carbonyl (C=O) groups is 1. The first-order valence-corrected chi connectivity index (χ1v) is 5.44. The molecule has 1 rings (SSSR count). The number of nitrogen functional groups attached to an aromatic ring is 1. The number of nitrogens with two attached hydrogens (primary N) is 2. The number of phenols is 1. The highest BCUT2D eigenvalue weighted by Gasteiger charge is 2.19. The van der Waals surface area contributed by atoms with Gasteiger partial charge < -0.3 is 16.6 Å². The standard InChI is InChI=1S/C12H18N2O2/c1-2-3-4-9(12(14)16)10-7-8(15)5-6-11(10)13/h5-7,9,15H,2-4,13H2,1H3,(H2,14,16). The molecule has 0 saturated carbocycles. The van der Waals surface area contributed by atoms with E-state index in [1.165, 1.54) is 12.1 Å². The van der Waals surface area contributed by atoms with Gasteiger partial charge in [-0.05, 0) is 30.2 Å². The normalized spacial score (nSPS) is 12.3. The predicted molar refractivity (Wildman–Crippen MR) is 64.0 cm³/mol. The fourth-order valence-corrected chi connectivity index (χ4v) is 1.72. The van der Waals surface area contributed by atoms with Crippen LogP contribution >= 0.6 is 0 Å². The summed E-state index contributed by atoms with van der Waals surface area (Å²) in [4.78, 5) is 11.4. The SMILES string of the molecule is CCCCC(C(N)=O)c1cc(O)ccc1N. The summed E-state index contributed by atoms with van der Waals surface area (Å²) in [7, 11) is 0. The minimum absolute atomic E-state index is 0.104. The van der Waals surface area contributed by atoms with Crippen molar-refractivity contribution in [2.45, 2.75) is 32.1 Å². The van der Waals surface area contributed by atoms with Crippen LogP contribution in [0.3, 0.4) is 0 Å². The third-order valence-corrected chi connectivity index (χ3v) is 2.64. The van der Waals surface area contributed by atoms with E-state index in [9.17, 15) is 9.90 Å². The lowest BCUT2D eigenvalue weighted by Gasteiger charge is -2.15. The number of anilines is 1. The smallest absolute Gasteiger partial charge is 0.225 e. The zero-order chi connectivity index (χ0) is 12.1. The number of hydrogen-bond acceptors (Lipinski definition) is 3. The highest BCUT2D eigenvalue weighted by Crippen LogP contribution is 2.29. The van der Waals surface area contributed by atoms with Crippen LogP contribution in [0.15, 0.2) is 18.2 Å². The number of aromatic hydroxyl groups is 1. The van der Waals surface area contributed by atoms with Crippen molar-refractivity contribution in [3.63, 3.8) is 0 Å². The van der Waals surface area contributed by atoms with Gasteiger partial charge in [0.05, 0.1) is 5.92 Å². The molecule has 16 heavy (non-hydrogen) atoms. The molecule has 0 aliphatic carbocycles. The molecule has 0 radical (unpaired) electrons. The largest absolute Gasteiger partial charge is 0.508 e. The summed E-state index contributed by atoms with van der Waals surface area (Å²) < 4.78 is 0. The topological polar surface area (TPSA) is 89.3 Å². The van der Waals surface area contributed by atoms with Crippen LogP contribution < -0.4 is 11.5 Å². The minimum atomic E-state index is -0.410. The van der Waals surface area contributed by atoms with E-state index >= 15 is 0 Å². The minimum Gasteiger partial charge on any atom is -0.508 e. The van der Waals surface area contributed by atoms with Crippen LogP contribution in [0.4, 0.5) is 5.69 Å². The molecule has 0 aliphatic heterocycles. The third kappa shape index (κ3) is 2.89. The van der Waals surface area contributed by atoms with Gasteiger partial charge in [0, 0.05) is 5.69 Å². The number of rotatable bonds is 5. The molecule has 1 aromatic rings. The zero-order valence-corrected chi connectivity index (χ0v) is 9.44. The average Bonchev–Trinajstić information content (AvgIpc) is 2.23. The van der Waals surface area contributed by atoms with E-state index in [0.717, 1.165) is 12.8 Å². The highest BCUT2D eigenvalue weighted by molar-refractivity contribution is 5.83. The summed E-state index contributed by atoms with van der Waals surface area (Å²) in [6, 6.07) is 4.60. The lowest BCUT2D eigenvalue weighted by Crippen LogP contribution is -2.22. The van der Waals surface area contributed by atoms with E-state index in [4.69, 9.17) is 11.5 Å². The zero-order valence-electron chi connectivity index (χ0n) is 9.44. The van der Waals surface area contributed by atoms with Crippen molar-refractivity contribution >= 4 is 11.6 Å². The summed E-state index contributed by atoms with van der Waals surface area (Å²) >= 11 is 0. The fraction of sp³-hybridized carbons (Fsp3) is 0.417. The van der Waals surface area contributed by atoms with E-state index in [1.807, 2.05) is 6.92 Å². The Morgan fingerprint density at radius 3 is 2.75 bits per heavy atom. The highest BCUT2D eigenvalue weighted by atomic mass is 16.3. The van der Waals surface area contributed by atoms with Crippen molar-refractivity contribution in [2.75, 3.05) is 5.73 Å². The van der Waals surface area contributed by atoms with Crippen molar-refractivity contribution in [1.29, 1.82) is 0 Å². The number of phenolic OH excluding ortho intramolecular Hbond substituents is 1. The molecule has 0 spiro atoms. The first kappa shape index (κ1) is 12.4. The number of carbonyl (C=O) groups excluding carboxylic acids is 1. The van der Waals surface area contributed by atoms with Crippen LogP contribution in [-0.2, 0) is 4.79 Å². The van der Waals surface area contributed by atoms with Crippen molar-refractivity contribution < 1.29 is 9.90 Å². The second kappa shape index (κ2) is 5.39. The maximum absolute atomic E-state index is 11.4. The van der Waals surface area contributed by atoms with E-state index in [2.05, 4.69) is 0 Å². The molecule has 1 aromatic carbocycles. The molecule has 5 N–H and O–H groups in total. The van der Waals surface area contributed by atoms with Gasteiger partial charge in [0.15, 0.2) is 0 Å². The fourth-order valence-electron chi connectivity index (χ4n) is 1.72. The van der Waals surface area contributed by atoms with Crippen LogP contribution in [-0.4, -0.2) is 11.0 Å². The molecule has 0 saturated heterocycles. The van der Waals surface area contributed by atoms with Gasteiger partial charge in [-0.15, -0.1) is 0 Å². The molecule has 1 amide bonds. The molecule has 0 bridgehead atoms. The molecule has 0 aliphatic rings. The molecule has 88 valence electrons. The quantitative estimate of drug-likeness (QED) is 0.523. The summed E-state index contributed by atoms with van der Waals surface area (Å²) in [6.45, 7) is 2.05. The summed E-state index contributed by atoms with van der Waals surface area (Å²) in [5, 5.41) is 9.39. The van der Waals surface area contributed by atoms with Gasteiger partial charge >= 0.3 is 0 Å². The summed E-state index contributed by atoms with van der Waals surface area (Å²) in [6.07, 6.45) is 2.56. The number of hydrogen-bond donors (Lipinski definition) is 3. The van der Waals surface area contributed by atoms with Crippen molar-refractivity contribution in [1.82, 2.24) is 0 Å². The van der Waals surface area contributed by atoms with Crippen LogP contribution in [0, 0.1) is 0 Å². The molecule has 0 fully saturated rings. The molecular formula is C12H18N2O2. The maximum atomic E-state index is 11.4. The van der Waals surface area contributed by atoms with Crippen molar-refractivity contribution in [2.24, 2.45) is 5.73 Å². The molecule has 0 heterocycles. The van der Waals surface area contributed by atoms with Crippen molar-refractivity contribution in [3.8, 4) is 5.75 Å². The van der Waals surface area contributed by atoms with Crippen LogP contribution in [0.5, 0.6) is 5.75 Å². The van der Waals surface area contributed by atoms with E-state index in [1.54, 1.807) is 6.07 Å². The summed E-state index contributed by atoms with van der Waals surface area (Å²) in [5.41, 5.74) is 12.3. The molecule has 1 atom stereocenters. The number of benzene rings is 1. The van der Waals surface area contributed by atoms with E-state index in [-0.39, 0.29) is 5.75 Å². The molecule has 1 unspecified atom stereocenters. The third-order valence-electron chi connectivity index (χ3n) is 2.64. The maximum Gasteiger partial charge on any atom is 0.225 e. The van der Waals surface area contributed by atoms with E-state index in [0.29, 0.717) is 17.7 Å². The Labute approximate surface area is 95.3 Å². The molecular weight excluding hydrogens is 204 g/mol. The Morgan fingerprint density at radius 1 is 1.50 bits per heavy atom. The first-order chi connectivity index (χ1) is 7.56. The lowest BCUT2D eigenvalue weighted by atomic mass is 9.91. The average molecular weight is 222 g/mol. The van der Waals surface area contributed by atoms with Gasteiger partial charge in [-0.3, -0.25) is 4.79 Å². The Balaban J connectivity index is 3.00. The Hall–Kier alpha value is -1.71. The van der Waals surface area contributed by atoms with Gasteiger partial charge in [-0.2, -0.15) is 0 Å². The van der Waals surface area contributed by atoms with Crippen LogP contribution in [0.2, 0.25) is 0 Å². The monoisotopic (exact) mass is 222 g/mol. The first-order valence-electron chi connectivity index (χ1n) is 5.44. The predicted octanol–water partition coefficient (Wildman–Crippen LogP) is 1.73. The van der Waals surface area contributed by atoms with Crippen LogP contribution in [0.25, 0.3) is 0 Å². The van der Waals surface area contributed by atoms with Gasteiger partial charge in [-0.25, -0.2) is 0 Å². The van der Waals surface area contributed by atoms with Gasteiger partial charge in [0.1, 0.15) is 5.75 Å². The number of unbranched alkanes of at least 4 members (excludes halogenated alkanes) is 1. The Kier molecular flexibility index (Phi) is 4.17. The van der Waals surface area contributed by atoms with Crippen molar-refractivity contribution in [3.05, 3.63) is 23.8 Å². The van der Waals surface area contributed by atoms with Gasteiger partial charge in [-0.1, -0.05) is 19.8 Å². The molecule has 4 heteroatoms. The number of primary amides is 1. The second-order valence-electron chi connectivity index (χ2n) is 3.91. The molecule has 0 aromatic heterocycles. The van der Waals surface area contributed by atoms with Gasteiger partial charge in [0.25, 0.3) is 0 Å². The second-order valence-corrected chi connectivity index (χ2v) is 3.91. The molecule has 4 nitrogen and oxygen atoms in total. The Morgan fingerprint density at radius 2 is 2.19 bits per heavy atom. The summed E-state index contributed by atoms with van der Waals surface area (Å²) in [5.74, 6) is -0.704. The number of amides is 1. The van der Waals surface area contributed by atoms with E-state index < -0.39 is 11.8 Å². The van der Waals surface area contributed by atoms with Gasteiger partial charge in [0.2, 0.25) is 5.91 Å². The van der Waals surface area contributed by atoms with Crippen LogP contribution in [0.1, 0.15) is 37.7 Å².